The van der Waals surface area contributed by atoms with Crippen molar-refractivity contribution in [2.24, 2.45) is 0 Å². The molecule has 0 unspecified atom stereocenters. The Morgan fingerprint density at radius 1 is 0.976 bits per heavy atom. The van der Waals surface area contributed by atoms with Crippen molar-refractivity contribution in [1.29, 1.82) is 0 Å². The molecule has 41 heavy (non-hydrogen) atoms. The Labute approximate surface area is 240 Å². The first-order chi connectivity index (χ1) is 20.2. The summed E-state index contributed by atoms with van der Waals surface area (Å²) in [7, 11) is 0. The molecule has 11 nitrogen and oxygen atoms in total. The fourth-order valence-electron chi connectivity index (χ4n) is 5.31. The molecule has 2 saturated heterocycles. The van der Waals surface area contributed by atoms with Crippen LogP contribution < -0.4 is 15.5 Å². The molecule has 6 rings (SSSR count). The van der Waals surface area contributed by atoms with Crippen molar-refractivity contribution in [2.45, 2.75) is 13.5 Å². The fourth-order valence-corrected chi connectivity index (χ4v) is 5.31. The fraction of sp³-hybridized carbons (Fsp3) is 0.367. The number of carbonyl (C=O) groups is 1. The lowest BCUT2D eigenvalue weighted by atomic mass is 10.1. The standard InChI is InChI=1S/C30H36N10O/c1-2-40-21-26(29(36-40)23-4-3-10-32-20-23)27-9-11-33-30(35-27)34-24-5-7-25(8-6-24)38-18-16-37(17-19-38)22-28(41)39-14-12-31-13-15-39/h3-11,20-21,31H,2,12-19,22H2,1H3,(H,33,34,35). The van der Waals surface area contributed by atoms with Crippen LogP contribution >= 0.6 is 0 Å². The largest absolute Gasteiger partial charge is 0.369 e. The van der Waals surface area contributed by atoms with Crippen molar-refractivity contribution in [2.75, 3.05) is 69.1 Å². The minimum atomic E-state index is 0.245. The van der Waals surface area contributed by atoms with E-state index in [1.165, 1.54) is 5.69 Å². The molecule has 2 fully saturated rings. The molecular weight excluding hydrogens is 516 g/mol. The van der Waals surface area contributed by atoms with Crippen molar-refractivity contribution in [3.05, 3.63) is 67.3 Å². The van der Waals surface area contributed by atoms with Gasteiger partial charge in [0, 0.05) is 106 Å². The monoisotopic (exact) mass is 552 g/mol. The quantitative estimate of drug-likeness (QED) is 0.341. The molecule has 5 heterocycles. The number of anilines is 3. The van der Waals surface area contributed by atoms with Crippen molar-refractivity contribution >= 4 is 23.2 Å². The summed E-state index contributed by atoms with van der Waals surface area (Å²) in [6.07, 6.45) is 7.36. The van der Waals surface area contributed by atoms with Gasteiger partial charge in [0.25, 0.3) is 0 Å². The third kappa shape index (κ3) is 6.36. The van der Waals surface area contributed by atoms with Gasteiger partial charge in [0.2, 0.25) is 11.9 Å². The third-order valence-corrected chi connectivity index (χ3v) is 7.64. The van der Waals surface area contributed by atoms with Crippen LogP contribution in [0.3, 0.4) is 0 Å². The molecule has 2 N–H and O–H groups in total. The van der Waals surface area contributed by atoms with E-state index in [0.717, 1.165) is 87.1 Å². The van der Waals surface area contributed by atoms with E-state index < -0.39 is 0 Å². The van der Waals surface area contributed by atoms with Gasteiger partial charge in [0.05, 0.1) is 12.2 Å². The topological polar surface area (TPSA) is 107 Å². The number of hydrogen-bond donors (Lipinski definition) is 2. The molecule has 2 aliphatic heterocycles. The number of aryl methyl sites for hydroxylation is 1. The molecule has 1 aromatic carbocycles. The lowest BCUT2D eigenvalue weighted by Crippen LogP contribution is -2.53. The Morgan fingerprint density at radius 3 is 2.51 bits per heavy atom. The van der Waals surface area contributed by atoms with Gasteiger partial charge in [-0.25, -0.2) is 9.97 Å². The molecule has 0 radical (unpaired) electrons. The van der Waals surface area contributed by atoms with Crippen molar-refractivity contribution in [3.63, 3.8) is 0 Å². The van der Waals surface area contributed by atoms with Gasteiger partial charge < -0.3 is 20.4 Å². The maximum atomic E-state index is 12.6. The Balaban J connectivity index is 1.08. The summed E-state index contributed by atoms with van der Waals surface area (Å²) in [6.45, 7) is 10.3. The van der Waals surface area contributed by atoms with Crippen LogP contribution in [0.2, 0.25) is 0 Å². The highest BCUT2D eigenvalue weighted by Gasteiger charge is 2.23. The Hall–Kier alpha value is -4.35. The molecule has 0 bridgehead atoms. The van der Waals surface area contributed by atoms with E-state index in [1.54, 1.807) is 12.4 Å². The van der Waals surface area contributed by atoms with Crippen LogP contribution in [0.5, 0.6) is 0 Å². The van der Waals surface area contributed by atoms with Gasteiger partial charge >= 0.3 is 0 Å². The Kier molecular flexibility index (Phi) is 8.15. The van der Waals surface area contributed by atoms with Gasteiger partial charge in [-0.15, -0.1) is 0 Å². The first-order valence-corrected chi connectivity index (χ1v) is 14.3. The number of nitrogens with zero attached hydrogens (tertiary/aromatic N) is 8. The number of rotatable bonds is 8. The molecule has 0 atom stereocenters. The summed E-state index contributed by atoms with van der Waals surface area (Å²) in [5.74, 6) is 0.772. The second-order valence-corrected chi connectivity index (χ2v) is 10.3. The third-order valence-electron chi connectivity index (χ3n) is 7.64. The van der Waals surface area contributed by atoms with Crippen molar-refractivity contribution in [1.82, 2.24) is 39.8 Å². The van der Waals surface area contributed by atoms with Crippen molar-refractivity contribution < 1.29 is 4.79 Å². The zero-order valence-electron chi connectivity index (χ0n) is 23.4. The number of nitrogens with one attached hydrogen (secondary N) is 2. The van der Waals surface area contributed by atoms with Crippen LogP contribution in [0.15, 0.2) is 67.3 Å². The van der Waals surface area contributed by atoms with Gasteiger partial charge in [-0.3, -0.25) is 19.4 Å². The first kappa shape index (κ1) is 26.9. The molecular formula is C30H36N10O. The van der Waals surface area contributed by atoms with Gasteiger partial charge in [0.1, 0.15) is 5.69 Å². The van der Waals surface area contributed by atoms with Crippen LogP contribution in [0.1, 0.15) is 6.92 Å². The predicted octanol–water partition coefficient (Wildman–Crippen LogP) is 2.72. The van der Waals surface area contributed by atoms with Crippen LogP contribution in [0.25, 0.3) is 22.5 Å². The Bertz CT molecular complexity index is 1440. The van der Waals surface area contributed by atoms with E-state index in [9.17, 15) is 4.79 Å². The van der Waals surface area contributed by atoms with Gasteiger partial charge in [-0.1, -0.05) is 0 Å². The minimum absolute atomic E-state index is 0.245. The number of pyridine rings is 1. The van der Waals surface area contributed by atoms with Crippen molar-refractivity contribution in [3.8, 4) is 22.5 Å². The average Bonchev–Trinajstić information content (AvgIpc) is 3.48. The van der Waals surface area contributed by atoms with Crippen LogP contribution in [0, 0.1) is 0 Å². The molecule has 0 saturated carbocycles. The number of benzene rings is 1. The van der Waals surface area contributed by atoms with E-state index in [4.69, 9.17) is 10.1 Å². The average molecular weight is 553 g/mol. The summed E-state index contributed by atoms with van der Waals surface area (Å²) in [6, 6.07) is 14.2. The summed E-state index contributed by atoms with van der Waals surface area (Å²) >= 11 is 0. The lowest BCUT2D eigenvalue weighted by molar-refractivity contribution is -0.133. The maximum Gasteiger partial charge on any atom is 0.236 e. The predicted molar refractivity (Wildman–Crippen MR) is 160 cm³/mol. The van der Waals surface area contributed by atoms with Crippen LogP contribution in [-0.4, -0.2) is 99.3 Å². The summed E-state index contributed by atoms with van der Waals surface area (Å²) in [5.41, 5.74) is 5.63. The highest BCUT2D eigenvalue weighted by atomic mass is 16.2. The minimum Gasteiger partial charge on any atom is -0.369 e. The van der Waals surface area contributed by atoms with Gasteiger partial charge in [0.15, 0.2) is 0 Å². The molecule has 2 aliphatic rings. The molecule has 0 spiro atoms. The second-order valence-electron chi connectivity index (χ2n) is 10.3. The highest BCUT2D eigenvalue weighted by molar-refractivity contribution is 5.79. The van der Waals surface area contributed by atoms with Gasteiger partial charge in [-0.05, 0) is 49.4 Å². The zero-order valence-corrected chi connectivity index (χ0v) is 23.4. The Morgan fingerprint density at radius 2 is 1.78 bits per heavy atom. The molecule has 212 valence electrons. The number of piperazine rings is 2. The van der Waals surface area contributed by atoms with E-state index in [2.05, 4.69) is 61.6 Å². The molecule has 1 amide bonds. The number of carbonyl (C=O) groups excluding carboxylic acids is 1. The highest BCUT2D eigenvalue weighted by Crippen LogP contribution is 2.30. The normalized spacial score (nSPS) is 16.1. The summed E-state index contributed by atoms with van der Waals surface area (Å²) in [5, 5.41) is 11.4. The number of amides is 1. The summed E-state index contributed by atoms with van der Waals surface area (Å²) < 4.78 is 1.91. The molecule has 4 aromatic rings. The summed E-state index contributed by atoms with van der Waals surface area (Å²) in [4.78, 5) is 32.8. The molecule has 0 aliphatic carbocycles. The van der Waals surface area contributed by atoms with E-state index >= 15 is 0 Å². The zero-order chi connectivity index (χ0) is 28.0. The first-order valence-electron chi connectivity index (χ1n) is 14.3. The number of aromatic nitrogens is 5. The smallest absolute Gasteiger partial charge is 0.236 e. The van der Waals surface area contributed by atoms with Crippen LogP contribution in [-0.2, 0) is 11.3 Å². The van der Waals surface area contributed by atoms with Crippen LogP contribution in [0.4, 0.5) is 17.3 Å². The second kappa shape index (κ2) is 12.4. The lowest BCUT2D eigenvalue weighted by Gasteiger charge is -2.37. The van der Waals surface area contributed by atoms with E-state index in [-0.39, 0.29) is 5.91 Å². The number of hydrogen-bond acceptors (Lipinski definition) is 9. The molecule has 11 heteroatoms. The molecule has 3 aromatic heterocycles. The van der Waals surface area contributed by atoms with E-state index in [0.29, 0.717) is 12.5 Å². The van der Waals surface area contributed by atoms with E-state index in [1.807, 2.05) is 40.2 Å². The maximum absolute atomic E-state index is 12.6. The SMILES string of the molecule is CCn1cc(-c2ccnc(Nc3ccc(N4CCN(CC(=O)N5CCNCC5)CC4)cc3)n2)c(-c2cccnc2)n1. The van der Waals surface area contributed by atoms with Gasteiger partial charge in [-0.2, -0.15) is 5.10 Å².